The van der Waals surface area contributed by atoms with E-state index < -0.39 is 0 Å². The number of hydrogen-bond acceptors (Lipinski definition) is 6. The minimum absolute atomic E-state index is 0.275. The Labute approximate surface area is 168 Å². The quantitative estimate of drug-likeness (QED) is 0.443. The van der Waals surface area contributed by atoms with E-state index >= 15 is 0 Å². The maximum Gasteiger partial charge on any atom is 0.242 e. The lowest BCUT2D eigenvalue weighted by Gasteiger charge is -2.15. The van der Waals surface area contributed by atoms with Gasteiger partial charge in [-0.2, -0.15) is 0 Å². The Balaban J connectivity index is 1.88. The number of fused-ring (bicyclic) bond motifs is 1. The summed E-state index contributed by atoms with van der Waals surface area (Å²) in [4.78, 5) is 9.29. The highest BCUT2D eigenvalue weighted by molar-refractivity contribution is 5.95. The third-order valence-corrected chi connectivity index (χ3v) is 4.30. The minimum atomic E-state index is -0.290. The summed E-state index contributed by atoms with van der Waals surface area (Å²) < 4.78 is 29.1. The Hall–Kier alpha value is -3.04. The summed E-state index contributed by atoms with van der Waals surface area (Å²) in [6, 6.07) is 7.78. The lowest BCUT2D eigenvalue weighted by atomic mass is 10.1. The van der Waals surface area contributed by atoms with Crippen LogP contribution in [0, 0.1) is 5.82 Å². The molecule has 0 aliphatic carbocycles. The number of halogens is 1. The minimum Gasteiger partial charge on any atom is -0.479 e. The zero-order valence-corrected chi connectivity index (χ0v) is 16.8. The van der Waals surface area contributed by atoms with Crippen molar-refractivity contribution in [3.63, 3.8) is 0 Å². The Kier molecular flexibility index (Phi) is 6.73. The molecule has 0 saturated heterocycles. The second-order valence-corrected chi connectivity index (χ2v) is 6.40. The normalized spacial score (nSPS) is 12.9. The predicted octanol–water partition coefficient (Wildman–Crippen LogP) is 3.47. The molecule has 2 N–H and O–H groups in total. The van der Waals surface area contributed by atoms with Crippen molar-refractivity contribution in [3.8, 4) is 5.88 Å². The molecular formula is C20H24FN5O3. The summed E-state index contributed by atoms with van der Waals surface area (Å²) in [6.07, 6.45) is 0. The van der Waals surface area contributed by atoms with Crippen molar-refractivity contribution in [2.75, 3.05) is 33.3 Å². The number of amidine groups is 1. The van der Waals surface area contributed by atoms with Gasteiger partial charge in [0, 0.05) is 20.3 Å². The molecule has 29 heavy (non-hydrogen) atoms. The molecule has 0 bridgehead atoms. The number of aromatic amines is 1. The van der Waals surface area contributed by atoms with Gasteiger partial charge in [0.05, 0.1) is 42.8 Å². The lowest BCUT2D eigenvalue weighted by molar-refractivity contribution is 0.181. The number of H-pyrrole nitrogens is 1. The number of nitrogens with zero attached hydrogens (tertiary/aromatic N) is 3. The molecule has 0 fully saturated rings. The fourth-order valence-electron chi connectivity index (χ4n) is 3.05. The van der Waals surface area contributed by atoms with Crippen LogP contribution in [0.25, 0.3) is 10.9 Å². The van der Waals surface area contributed by atoms with Crippen molar-refractivity contribution in [1.82, 2.24) is 15.2 Å². The van der Waals surface area contributed by atoms with E-state index in [4.69, 9.17) is 14.2 Å². The van der Waals surface area contributed by atoms with Crippen molar-refractivity contribution in [2.24, 2.45) is 4.99 Å². The third-order valence-electron chi connectivity index (χ3n) is 4.30. The summed E-state index contributed by atoms with van der Waals surface area (Å²) in [5, 5.41) is 11.1. The van der Waals surface area contributed by atoms with Crippen LogP contribution < -0.4 is 10.1 Å². The van der Waals surface area contributed by atoms with Gasteiger partial charge in [-0.1, -0.05) is 12.1 Å². The standard InChI is InChI=1S/C20H24FN5O3/c1-12(22-16(10-27-2)13-5-7-14(21)8-6-13)23-18-9-15-19(17(24-18)11-28-3)20(29-4)26-25-15/h5-9,16H,10-11H2,1-4H3,(H,25,26)(H,22,23,24). The van der Waals surface area contributed by atoms with E-state index in [-0.39, 0.29) is 11.9 Å². The predicted molar refractivity (Wildman–Crippen MR) is 109 cm³/mol. The Morgan fingerprint density at radius 1 is 1.21 bits per heavy atom. The molecule has 2 heterocycles. The summed E-state index contributed by atoms with van der Waals surface area (Å²) in [5.74, 6) is 1.40. The number of ether oxygens (including phenoxy) is 3. The topological polar surface area (TPSA) is 93.7 Å². The number of benzene rings is 1. The van der Waals surface area contributed by atoms with Gasteiger partial charge in [-0.3, -0.25) is 10.1 Å². The van der Waals surface area contributed by atoms with Gasteiger partial charge in [0.25, 0.3) is 0 Å². The summed E-state index contributed by atoms with van der Waals surface area (Å²) >= 11 is 0. The number of methoxy groups -OCH3 is 3. The molecule has 3 aromatic rings. The van der Waals surface area contributed by atoms with Crippen LogP contribution in [-0.4, -0.2) is 49.0 Å². The number of pyridine rings is 1. The first-order chi connectivity index (χ1) is 14.0. The highest BCUT2D eigenvalue weighted by atomic mass is 19.1. The first-order valence-electron chi connectivity index (χ1n) is 9.02. The van der Waals surface area contributed by atoms with Crippen molar-refractivity contribution >= 4 is 22.6 Å². The number of nitrogens with one attached hydrogen (secondary N) is 2. The third kappa shape index (κ3) is 4.87. The van der Waals surface area contributed by atoms with Crippen molar-refractivity contribution < 1.29 is 18.6 Å². The number of aliphatic imine (C=N–C) groups is 1. The molecule has 1 aromatic carbocycles. The average molecular weight is 401 g/mol. The van der Waals surface area contributed by atoms with E-state index in [0.717, 1.165) is 16.5 Å². The van der Waals surface area contributed by atoms with E-state index in [9.17, 15) is 4.39 Å². The molecule has 0 radical (unpaired) electrons. The van der Waals surface area contributed by atoms with E-state index in [1.165, 1.54) is 12.1 Å². The summed E-state index contributed by atoms with van der Waals surface area (Å²) in [7, 11) is 4.76. The zero-order chi connectivity index (χ0) is 20.8. The lowest BCUT2D eigenvalue weighted by Crippen LogP contribution is -2.14. The van der Waals surface area contributed by atoms with Crippen LogP contribution in [0.3, 0.4) is 0 Å². The van der Waals surface area contributed by atoms with Crippen LogP contribution in [0.5, 0.6) is 5.88 Å². The van der Waals surface area contributed by atoms with Crippen molar-refractivity contribution in [3.05, 3.63) is 47.4 Å². The van der Waals surface area contributed by atoms with E-state index in [1.54, 1.807) is 33.5 Å². The molecule has 1 atom stereocenters. The SMILES string of the molecule is COCc1nc(NC(C)=NC(COC)c2ccc(F)cc2)cc2[nH]nc(OC)c12. The van der Waals surface area contributed by atoms with Crippen LogP contribution >= 0.6 is 0 Å². The van der Waals surface area contributed by atoms with Crippen LogP contribution in [0.4, 0.5) is 10.2 Å². The highest BCUT2D eigenvalue weighted by Gasteiger charge is 2.15. The van der Waals surface area contributed by atoms with Crippen LogP contribution in [-0.2, 0) is 16.1 Å². The molecule has 154 valence electrons. The first-order valence-corrected chi connectivity index (χ1v) is 9.02. The molecule has 3 rings (SSSR count). The number of aromatic nitrogens is 3. The van der Waals surface area contributed by atoms with Crippen molar-refractivity contribution in [2.45, 2.75) is 19.6 Å². The molecule has 8 nitrogen and oxygen atoms in total. The maximum absolute atomic E-state index is 13.2. The summed E-state index contributed by atoms with van der Waals surface area (Å²) in [5.41, 5.74) is 2.32. The van der Waals surface area contributed by atoms with Gasteiger partial charge in [0.1, 0.15) is 17.7 Å². The fourth-order valence-corrected chi connectivity index (χ4v) is 3.05. The van der Waals surface area contributed by atoms with E-state index in [0.29, 0.717) is 36.4 Å². The number of hydrogen-bond donors (Lipinski definition) is 2. The van der Waals surface area contributed by atoms with Crippen molar-refractivity contribution in [1.29, 1.82) is 0 Å². The smallest absolute Gasteiger partial charge is 0.242 e. The van der Waals surface area contributed by atoms with Crippen LogP contribution in [0.2, 0.25) is 0 Å². The van der Waals surface area contributed by atoms with Gasteiger partial charge in [-0.25, -0.2) is 9.37 Å². The largest absolute Gasteiger partial charge is 0.479 e. The highest BCUT2D eigenvalue weighted by Crippen LogP contribution is 2.28. The Morgan fingerprint density at radius 3 is 2.62 bits per heavy atom. The zero-order valence-electron chi connectivity index (χ0n) is 16.8. The molecule has 0 aliphatic heterocycles. The summed E-state index contributed by atoms with van der Waals surface area (Å²) in [6.45, 7) is 2.51. The van der Waals surface area contributed by atoms with Gasteiger partial charge >= 0.3 is 0 Å². The monoisotopic (exact) mass is 401 g/mol. The van der Waals surface area contributed by atoms with E-state index in [2.05, 4.69) is 25.5 Å². The Morgan fingerprint density at radius 2 is 1.97 bits per heavy atom. The number of rotatable bonds is 8. The molecule has 0 amide bonds. The fraction of sp³-hybridized carbons (Fsp3) is 0.350. The molecule has 0 aliphatic rings. The van der Waals surface area contributed by atoms with Gasteiger partial charge in [-0.15, -0.1) is 5.10 Å². The van der Waals surface area contributed by atoms with E-state index in [1.807, 2.05) is 13.0 Å². The molecule has 0 spiro atoms. The molecular weight excluding hydrogens is 377 g/mol. The van der Waals surface area contributed by atoms with Crippen LogP contribution in [0.15, 0.2) is 35.3 Å². The second-order valence-electron chi connectivity index (χ2n) is 6.40. The van der Waals surface area contributed by atoms with Gasteiger partial charge < -0.3 is 19.5 Å². The maximum atomic E-state index is 13.2. The van der Waals surface area contributed by atoms with Crippen LogP contribution in [0.1, 0.15) is 24.2 Å². The van der Waals surface area contributed by atoms with Gasteiger partial charge in [-0.05, 0) is 24.6 Å². The van der Waals surface area contributed by atoms with Gasteiger partial charge in [0.2, 0.25) is 5.88 Å². The average Bonchev–Trinajstić information content (AvgIpc) is 3.12. The molecule has 1 unspecified atom stereocenters. The second kappa shape index (κ2) is 9.44. The Bertz CT molecular complexity index is 988. The van der Waals surface area contributed by atoms with Gasteiger partial charge in [0.15, 0.2) is 0 Å². The molecule has 9 heteroatoms. The number of anilines is 1. The molecule has 0 saturated carbocycles. The first kappa shape index (κ1) is 20.7. The molecule has 2 aromatic heterocycles.